The summed E-state index contributed by atoms with van der Waals surface area (Å²) in [4.78, 5) is 26.4. The number of hydrogen-bond donors (Lipinski definition) is 2. The number of carbonyl (C=O) groups is 2. The summed E-state index contributed by atoms with van der Waals surface area (Å²) in [5.74, 6) is 0.0713. The monoisotopic (exact) mass is 542 g/mol. The van der Waals surface area contributed by atoms with E-state index in [1.165, 1.54) is 11.1 Å². The average molecular weight is 543 g/mol. The Balaban J connectivity index is 1.29. The molecule has 2 heterocycles. The predicted octanol–water partition coefficient (Wildman–Crippen LogP) is 4.43. The number of carbonyl (C=O) groups excluding carboxylic acids is 2. The van der Waals surface area contributed by atoms with Gasteiger partial charge in [0.25, 0.3) is 0 Å². The summed E-state index contributed by atoms with van der Waals surface area (Å²) in [7, 11) is 0. The van der Waals surface area contributed by atoms with Crippen LogP contribution in [0.3, 0.4) is 0 Å². The molecule has 0 aromatic carbocycles. The van der Waals surface area contributed by atoms with E-state index in [1.54, 1.807) is 0 Å². The molecule has 2 aliphatic heterocycles. The fraction of sp³-hybridized carbons (Fsp3) is 0.812. The van der Waals surface area contributed by atoms with Gasteiger partial charge in [-0.2, -0.15) is 0 Å². The molecule has 1 spiro atoms. The summed E-state index contributed by atoms with van der Waals surface area (Å²) < 4.78 is 18.3. The molecule has 0 aromatic heterocycles. The quantitative estimate of drug-likeness (QED) is 0.221. The molecule has 2 N–H and O–H groups in total. The van der Waals surface area contributed by atoms with Gasteiger partial charge in [0.1, 0.15) is 23.6 Å². The first-order chi connectivity index (χ1) is 18.4. The molecule has 7 nitrogen and oxygen atoms in total. The van der Waals surface area contributed by atoms with Gasteiger partial charge < -0.3 is 24.4 Å². The number of hydrogen-bond acceptors (Lipinski definition) is 7. The maximum absolute atomic E-state index is 13.9. The number of fused-ring (bicyclic) bond motifs is 3. The van der Waals surface area contributed by atoms with Crippen LogP contribution in [0.15, 0.2) is 22.3 Å². The summed E-state index contributed by atoms with van der Waals surface area (Å²) >= 11 is 0. The zero-order valence-corrected chi connectivity index (χ0v) is 24.4. The molecule has 6 aliphatic rings. The number of ketones is 1. The van der Waals surface area contributed by atoms with Crippen molar-refractivity contribution in [1.29, 1.82) is 0 Å². The van der Waals surface area contributed by atoms with Crippen LogP contribution in [0, 0.1) is 28.6 Å². The highest BCUT2D eigenvalue weighted by Gasteiger charge is 2.81. The predicted molar refractivity (Wildman–Crippen MR) is 145 cm³/mol. The summed E-state index contributed by atoms with van der Waals surface area (Å²) in [6.45, 7) is 12.8. The molecule has 6 rings (SSSR count). The molecule has 7 heteroatoms. The second-order valence-corrected chi connectivity index (χ2v) is 13.8. The van der Waals surface area contributed by atoms with Crippen molar-refractivity contribution in [2.75, 3.05) is 6.61 Å². The van der Waals surface area contributed by atoms with E-state index in [2.05, 4.69) is 20.8 Å². The van der Waals surface area contributed by atoms with Crippen molar-refractivity contribution in [3.05, 3.63) is 22.3 Å². The van der Waals surface area contributed by atoms with Gasteiger partial charge in [-0.1, -0.05) is 43.9 Å². The number of ether oxygens (including phenoxy) is 3. The fourth-order valence-corrected chi connectivity index (χ4v) is 9.48. The number of esters is 1. The Hall–Kier alpha value is -1.54. The molecule has 3 fully saturated rings. The second kappa shape index (κ2) is 9.23. The first kappa shape index (κ1) is 27.6. The topological polar surface area (TPSA) is 106 Å². The number of epoxide rings is 1. The van der Waals surface area contributed by atoms with Crippen LogP contribution in [0.1, 0.15) is 92.9 Å². The molecule has 11 atom stereocenters. The molecule has 1 saturated heterocycles. The SMILES string of the molecule is CCCCOC1CC(=O)C2(C)C3CCC4=C(CC(O)C4(C)C(C)C4CC(C)=C(C)C(=O)O4)C3CC3OC32C1O. The van der Waals surface area contributed by atoms with Gasteiger partial charge in [-0.05, 0) is 64.7 Å². The van der Waals surface area contributed by atoms with Crippen LogP contribution < -0.4 is 0 Å². The van der Waals surface area contributed by atoms with Crippen molar-refractivity contribution in [2.45, 2.75) is 129 Å². The standard InChI is InChI=1S/C32H46O7/c1-7-8-11-37-24-15-26(34)31(6)22-10-9-21-19(20(22)14-27-32(31,39-27)28(24)35)13-25(33)30(21,5)18(4)23-12-16(2)17(3)29(36)38-23/h18,20,22-25,27-28,33,35H,7-15H2,1-6H3. The van der Waals surface area contributed by atoms with Crippen molar-refractivity contribution in [2.24, 2.45) is 28.6 Å². The molecule has 0 radical (unpaired) electrons. The molecule has 11 unspecified atom stereocenters. The lowest BCUT2D eigenvalue weighted by molar-refractivity contribution is -0.177. The number of aliphatic hydroxyl groups excluding tert-OH is 2. The van der Waals surface area contributed by atoms with Crippen LogP contribution in [0.4, 0.5) is 0 Å². The van der Waals surface area contributed by atoms with Crippen LogP contribution in [0.5, 0.6) is 0 Å². The lowest BCUT2D eigenvalue weighted by Gasteiger charge is -2.55. The minimum Gasteiger partial charge on any atom is -0.458 e. The first-order valence-corrected chi connectivity index (χ1v) is 15.2. The zero-order valence-electron chi connectivity index (χ0n) is 24.4. The van der Waals surface area contributed by atoms with E-state index in [1.807, 2.05) is 20.8 Å². The smallest absolute Gasteiger partial charge is 0.333 e. The van der Waals surface area contributed by atoms with Crippen LogP contribution in [0.25, 0.3) is 0 Å². The summed E-state index contributed by atoms with van der Waals surface area (Å²) in [6, 6.07) is 0. The number of unbranched alkanes of at least 4 members (excludes halogenated alkanes) is 1. The van der Waals surface area contributed by atoms with E-state index in [-0.39, 0.29) is 48.1 Å². The van der Waals surface area contributed by atoms with Crippen LogP contribution >= 0.6 is 0 Å². The van der Waals surface area contributed by atoms with Crippen LogP contribution in [-0.4, -0.2) is 64.7 Å². The second-order valence-electron chi connectivity index (χ2n) is 13.8. The largest absolute Gasteiger partial charge is 0.458 e. The maximum Gasteiger partial charge on any atom is 0.333 e. The normalized spacial score (nSPS) is 47.7. The number of cyclic esters (lactones) is 1. The molecule has 2 saturated carbocycles. The molecule has 0 amide bonds. The zero-order chi connectivity index (χ0) is 28.1. The Morgan fingerprint density at radius 3 is 2.56 bits per heavy atom. The summed E-state index contributed by atoms with van der Waals surface area (Å²) in [5.41, 5.74) is 2.21. The Labute approximate surface area is 232 Å². The molecular weight excluding hydrogens is 496 g/mol. The van der Waals surface area contributed by atoms with Gasteiger partial charge in [-0.25, -0.2) is 4.79 Å². The van der Waals surface area contributed by atoms with Crippen molar-refractivity contribution < 1.29 is 34.0 Å². The summed E-state index contributed by atoms with van der Waals surface area (Å²) in [5, 5.41) is 23.1. The van der Waals surface area contributed by atoms with Crippen LogP contribution in [0.2, 0.25) is 0 Å². The van der Waals surface area contributed by atoms with Gasteiger partial charge in [-0.15, -0.1) is 0 Å². The Bertz CT molecular complexity index is 1140. The molecule has 0 aromatic rings. The Kier molecular flexibility index (Phi) is 6.54. The van der Waals surface area contributed by atoms with Crippen molar-refractivity contribution in [1.82, 2.24) is 0 Å². The van der Waals surface area contributed by atoms with Crippen molar-refractivity contribution >= 4 is 11.8 Å². The fourth-order valence-electron chi connectivity index (χ4n) is 9.48. The van der Waals surface area contributed by atoms with E-state index in [0.29, 0.717) is 25.0 Å². The highest BCUT2D eigenvalue weighted by Crippen LogP contribution is 2.71. The molecular formula is C32H46O7. The first-order valence-electron chi connectivity index (χ1n) is 15.2. The summed E-state index contributed by atoms with van der Waals surface area (Å²) in [6.07, 6.45) is 3.49. The number of Topliss-reactive ketones (excluding diaryl/α,β-unsaturated/α-hetero) is 1. The highest BCUT2D eigenvalue weighted by atomic mass is 16.6. The van der Waals surface area contributed by atoms with Gasteiger partial charge in [0.15, 0.2) is 0 Å². The Morgan fingerprint density at radius 2 is 1.87 bits per heavy atom. The van der Waals surface area contributed by atoms with Gasteiger partial charge in [0.2, 0.25) is 0 Å². The van der Waals surface area contributed by atoms with E-state index in [0.717, 1.165) is 37.7 Å². The maximum atomic E-state index is 13.9. The third-order valence-corrected chi connectivity index (χ3v) is 12.4. The number of aliphatic hydroxyl groups is 2. The van der Waals surface area contributed by atoms with E-state index in [4.69, 9.17) is 14.2 Å². The van der Waals surface area contributed by atoms with Crippen molar-refractivity contribution in [3.8, 4) is 0 Å². The van der Waals surface area contributed by atoms with Crippen LogP contribution in [-0.2, 0) is 23.8 Å². The molecule has 216 valence electrons. The van der Waals surface area contributed by atoms with E-state index >= 15 is 0 Å². The van der Waals surface area contributed by atoms with Gasteiger partial charge in [0.05, 0.1) is 23.7 Å². The van der Waals surface area contributed by atoms with Crippen molar-refractivity contribution in [3.63, 3.8) is 0 Å². The van der Waals surface area contributed by atoms with E-state index < -0.39 is 34.7 Å². The Morgan fingerprint density at radius 1 is 1.13 bits per heavy atom. The third-order valence-electron chi connectivity index (χ3n) is 12.4. The van der Waals surface area contributed by atoms with Gasteiger partial charge in [-0.3, -0.25) is 4.79 Å². The number of rotatable bonds is 6. The lowest BCUT2D eigenvalue weighted by Crippen LogP contribution is -2.67. The van der Waals surface area contributed by atoms with E-state index in [9.17, 15) is 19.8 Å². The van der Waals surface area contributed by atoms with Gasteiger partial charge >= 0.3 is 5.97 Å². The minimum atomic E-state index is -0.857. The molecule has 0 bridgehead atoms. The third kappa shape index (κ3) is 3.55. The molecule has 4 aliphatic carbocycles. The average Bonchev–Trinajstić information content (AvgIpc) is 3.58. The lowest BCUT2D eigenvalue weighted by atomic mass is 9.47. The van der Waals surface area contributed by atoms with Gasteiger partial charge in [0, 0.05) is 36.4 Å². The molecule has 39 heavy (non-hydrogen) atoms. The minimum absolute atomic E-state index is 0.0434. The highest BCUT2D eigenvalue weighted by molar-refractivity contribution is 5.90.